The molecule has 0 spiro atoms. The van der Waals surface area contributed by atoms with Crippen LogP contribution >= 0.6 is 0 Å². The average molecular weight is 390 g/mol. The third kappa shape index (κ3) is 3.15. The van der Waals surface area contributed by atoms with Crippen LogP contribution in [0.1, 0.15) is 64.8 Å². The topological polar surface area (TPSA) is 52.6 Å². The van der Waals surface area contributed by atoms with Gasteiger partial charge in [0, 0.05) is 5.56 Å². The van der Waals surface area contributed by atoms with E-state index in [-0.39, 0.29) is 5.41 Å². The highest BCUT2D eigenvalue weighted by Crippen LogP contribution is 2.61. The first kappa shape index (κ1) is 18.4. The highest BCUT2D eigenvalue weighted by molar-refractivity contribution is 5.93. The molecule has 0 amide bonds. The summed E-state index contributed by atoms with van der Waals surface area (Å²) in [7, 11) is 1.71. The number of carbonyl (C=O) groups is 2. The molecule has 4 fully saturated rings. The summed E-state index contributed by atoms with van der Waals surface area (Å²) >= 11 is 0. The lowest BCUT2D eigenvalue weighted by Crippen LogP contribution is -2.48. The van der Waals surface area contributed by atoms with Gasteiger partial charge in [-0.05, 0) is 92.0 Å². The number of carbonyl (C=O) groups excluding carboxylic acids is 2. The van der Waals surface area contributed by atoms with Gasteiger partial charge >= 0.3 is 5.97 Å². The molecule has 4 heteroatoms. The summed E-state index contributed by atoms with van der Waals surface area (Å²) in [5.41, 5.74) is 2.17. The molecule has 4 saturated carbocycles. The second kappa shape index (κ2) is 7.01. The van der Waals surface area contributed by atoms with E-state index >= 15 is 0 Å². The molecule has 0 radical (unpaired) electrons. The van der Waals surface area contributed by atoms with Crippen LogP contribution in [0.25, 0.3) is 0 Å². The fourth-order valence-corrected chi connectivity index (χ4v) is 6.52. The van der Waals surface area contributed by atoms with Gasteiger partial charge < -0.3 is 9.47 Å². The van der Waals surface area contributed by atoms with E-state index in [2.05, 4.69) is 0 Å². The largest absolute Gasteiger partial charge is 0.496 e. The van der Waals surface area contributed by atoms with Crippen molar-refractivity contribution in [3.05, 3.63) is 59.2 Å². The molecule has 0 aliphatic heterocycles. The van der Waals surface area contributed by atoms with E-state index in [9.17, 15) is 9.59 Å². The smallest absolute Gasteiger partial charge is 0.343 e. The molecule has 0 atom stereocenters. The summed E-state index contributed by atoms with van der Waals surface area (Å²) in [4.78, 5) is 24.1. The van der Waals surface area contributed by atoms with Crippen molar-refractivity contribution in [2.24, 2.45) is 17.8 Å². The number of hydrogen-bond acceptors (Lipinski definition) is 4. The van der Waals surface area contributed by atoms with E-state index in [1.165, 1.54) is 38.5 Å². The zero-order chi connectivity index (χ0) is 20.0. The van der Waals surface area contributed by atoms with Crippen molar-refractivity contribution in [3.8, 4) is 11.5 Å². The molecular weight excluding hydrogens is 364 g/mol. The van der Waals surface area contributed by atoms with Crippen molar-refractivity contribution >= 4 is 12.3 Å². The minimum Gasteiger partial charge on any atom is -0.496 e. The van der Waals surface area contributed by atoms with Crippen molar-refractivity contribution in [2.45, 2.75) is 43.9 Å². The quantitative estimate of drug-likeness (QED) is 0.400. The van der Waals surface area contributed by atoms with Crippen LogP contribution in [0, 0.1) is 17.8 Å². The van der Waals surface area contributed by atoms with Gasteiger partial charge in [0.1, 0.15) is 11.5 Å². The number of benzene rings is 2. The third-order valence-electron chi connectivity index (χ3n) is 7.29. The first-order valence-corrected chi connectivity index (χ1v) is 10.5. The van der Waals surface area contributed by atoms with Gasteiger partial charge in [0.05, 0.1) is 18.2 Å². The monoisotopic (exact) mass is 390 g/mol. The van der Waals surface area contributed by atoms with Crippen LogP contribution in [0.3, 0.4) is 0 Å². The van der Waals surface area contributed by atoms with Crippen molar-refractivity contribution in [2.75, 3.05) is 7.11 Å². The Morgan fingerprint density at radius 2 is 1.62 bits per heavy atom. The van der Waals surface area contributed by atoms with Crippen molar-refractivity contribution in [1.29, 1.82) is 0 Å². The van der Waals surface area contributed by atoms with Crippen LogP contribution in [0.15, 0.2) is 42.5 Å². The molecule has 0 saturated heterocycles. The molecule has 0 aromatic heterocycles. The van der Waals surface area contributed by atoms with E-state index in [1.54, 1.807) is 37.4 Å². The molecule has 0 unspecified atom stereocenters. The van der Waals surface area contributed by atoms with Gasteiger partial charge in [-0.2, -0.15) is 0 Å². The fraction of sp³-hybridized carbons (Fsp3) is 0.440. The first-order valence-electron chi connectivity index (χ1n) is 10.5. The lowest BCUT2D eigenvalue weighted by molar-refractivity contribution is -0.00618. The normalized spacial score (nSPS) is 29.5. The van der Waals surface area contributed by atoms with Crippen LogP contribution in [0.5, 0.6) is 11.5 Å². The summed E-state index contributed by atoms with van der Waals surface area (Å²) in [6.45, 7) is 0. The van der Waals surface area contributed by atoms with E-state index in [0.29, 0.717) is 23.2 Å². The Balaban J connectivity index is 1.49. The molecule has 4 nitrogen and oxygen atoms in total. The standard InChI is InChI=1S/C25H26O4/c1-28-23-7-6-19(24(27)29-22-5-3-2-4-20(22)15-26)11-21(23)25-12-16-8-17(13-25)10-18(9-16)14-25/h2-7,11,15-18H,8-10,12-14H2,1H3. The van der Waals surface area contributed by atoms with Gasteiger partial charge in [0.25, 0.3) is 0 Å². The van der Waals surface area contributed by atoms with E-state index in [4.69, 9.17) is 9.47 Å². The molecular formula is C25H26O4. The molecule has 29 heavy (non-hydrogen) atoms. The second-order valence-electron chi connectivity index (χ2n) is 9.16. The number of ether oxygens (including phenoxy) is 2. The first-order chi connectivity index (χ1) is 14.1. The number of methoxy groups -OCH3 is 1. The Labute approximate surface area is 171 Å². The zero-order valence-corrected chi connectivity index (χ0v) is 16.7. The van der Waals surface area contributed by atoms with Gasteiger partial charge in [-0.15, -0.1) is 0 Å². The summed E-state index contributed by atoms with van der Waals surface area (Å²) in [5.74, 6) is 3.15. The molecule has 0 N–H and O–H groups in total. The number of hydrogen-bond donors (Lipinski definition) is 0. The second-order valence-corrected chi connectivity index (χ2v) is 9.16. The molecule has 4 bridgehead atoms. The highest BCUT2D eigenvalue weighted by atomic mass is 16.5. The van der Waals surface area contributed by atoms with Crippen molar-refractivity contribution in [3.63, 3.8) is 0 Å². The van der Waals surface area contributed by atoms with Crippen LogP contribution in [-0.2, 0) is 5.41 Å². The Morgan fingerprint density at radius 3 is 2.24 bits per heavy atom. The molecule has 2 aromatic rings. The maximum absolute atomic E-state index is 12.9. The fourth-order valence-electron chi connectivity index (χ4n) is 6.52. The van der Waals surface area contributed by atoms with E-state index < -0.39 is 5.97 Å². The van der Waals surface area contributed by atoms with Gasteiger partial charge in [-0.25, -0.2) is 4.79 Å². The number of aldehydes is 1. The highest BCUT2D eigenvalue weighted by Gasteiger charge is 2.52. The van der Waals surface area contributed by atoms with Crippen LogP contribution in [0.2, 0.25) is 0 Å². The lowest BCUT2D eigenvalue weighted by atomic mass is 9.48. The minimum atomic E-state index is -0.437. The van der Waals surface area contributed by atoms with E-state index in [1.807, 2.05) is 12.1 Å². The predicted octanol–water partition coefficient (Wildman–Crippen LogP) is 5.19. The Bertz CT molecular complexity index is 926. The maximum atomic E-state index is 12.9. The zero-order valence-electron chi connectivity index (χ0n) is 16.7. The number of rotatable bonds is 5. The number of para-hydroxylation sites is 1. The van der Waals surface area contributed by atoms with Crippen LogP contribution in [0.4, 0.5) is 0 Å². The summed E-state index contributed by atoms with van der Waals surface area (Å²) in [6, 6.07) is 12.4. The summed E-state index contributed by atoms with van der Waals surface area (Å²) < 4.78 is 11.3. The lowest BCUT2D eigenvalue weighted by Gasteiger charge is -2.57. The summed E-state index contributed by atoms with van der Waals surface area (Å²) in [5, 5.41) is 0. The van der Waals surface area contributed by atoms with Crippen molar-refractivity contribution < 1.29 is 19.1 Å². The Morgan fingerprint density at radius 1 is 0.966 bits per heavy atom. The maximum Gasteiger partial charge on any atom is 0.343 e. The molecule has 6 rings (SSSR count). The van der Waals surface area contributed by atoms with Gasteiger partial charge in [-0.1, -0.05) is 12.1 Å². The third-order valence-corrected chi connectivity index (χ3v) is 7.29. The number of esters is 1. The molecule has 4 aliphatic rings. The molecule has 2 aromatic carbocycles. The van der Waals surface area contributed by atoms with Crippen LogP contribution in [-0.4, -0.2) is 19.4 Å². The van der Waals surface area contributed by atoms with Crippen LogP contribution < -0.4 is 9.47 Å². The van der Waals surface area contributed by atoms with E-state index in [0.717, 1.165) is 29.1 Å². The Hall–Kier alpha value is -2.62. The molecule has 4 aliphatic carbocycles. The SMILES string of the molecule is COc1ccc(C(=O)Oc2ccccc2C=O)cc1C12CC3CC(CC(C3)C1)C2. The molecule has 150 valence electrons. The Kier molecular flexibility index (Phi) is 4.45. The van der Waals surface area contributed by atoms with Gasteiger partial charge in [-0.3, -0.25) is 4.79 Å². The molecule has 0 heterocycles. The van der Waals surface area contributed by atoms with Gasteiger partial charge in [0.15, 0.2) is 6.29 Å². The average Bonchev–Trinajstić information content (AvgIpc) is 2.72. The predicted molar refractivity (Wildman–Crippen MR) is 110 cm³/mol. The van der Waals surface area contributed by atoms with Gasteiger partial charge in [0.2, 0.25) is 0 Å². The minimum absolute atomic E-state index is 0.122. The summed E-state index contributed by atoms with van der Waals surface area (Å²) in [6.07, 6.45) is 8.40. The van der Waals surface area contributed by atoms with Crippen molar-refractivity contribution in [1.82, 2.24) is 0 Å².